The minimum atomic E-state index is -0.125. The Labute approximate surface area is 179 Å². The molecule has 1 amide bonds. The molecule has 7 heteroatoms. The molecule has 0 bridgehead atoms. The van der Waals surface area contributed by atoms with Crippen LogP contribution in [0.15, 0.2) is 81.9 Å². The summed E-state index contributed by atoms with van der Waals surface area (Å²) in [5.74, 6) is 2.39. The molecule has 4 rings (SSSR count). The summed E-state index contributed by atoms with van der Waals surface area (Å²) in [6.07, 6.45) is 1.59. The molecule has 0 aliphatic rings. The molecule has 2 heterocycles. The molecule has 0 spiro atoms. The number of amides is 1. The first-order chi connectivity index (χ1) is 15.2. The summed E-state index contributed by atoms with van der Waals surface area (Å²) in [7, 11) is 3.19. The zero-order chi connectivity index (χ0) is 21.6. The molecule has 2 aromatic carbocycles. The second kappa shape index (κ2) is 9.21. The summed E-state index contributed by atoms with van der Waals surface area (Å²) in [5, 5.41) is 4.17. The molecule has 0 fully saturated rings. The van der Waals surface area contributed by atoms with Crippen molar-refractivity contribution in [2.24, 2.45) is 0 Å². The molecule has 158 valence electrons. The van der Waals surface area contributed by atoms with Crippen LogP contribution in [-0.2, 0) is 13.1 Å². The van der Waals surface area contributed by atoms with Gasteiger partial charge in [0.2, 0.25) is 0 Å². The van der Waals surface area contributed by atoms with Crippen LogP contribution in [0.5, 0.6) is 11.5 Å². The van der Waals surface area contributed by atoms with E-state index in [9.17, 15) is 4.79 Å². The molecule has 0 unspecified atom stereocenters. The smallest absolute Gasteiger partial charge is 0.254 e. The Morgan fingerprint density at radius 1 is 0.968 bits per heavy atom. The lowest BCUT2D eigenvalue weighted by Crippen LogP contribution is -2.30. The van der Waals surface area contributed by atoms with Gasteiger partial charge in [0.15, 0.2) is 5.76 Å². The maximum atomic E-state index is 13.1. The summed E-state index contributed by atoms with van der Waals surface area (Å²) < 4.78 is 21.8. The van der Waals surface area contributed by atoms with Crippen LogP contribution in [0.25, 0.3) is 11.3 Å². The molecular formula is C24H22N2O5. The second-order valence-corrected chi connectivity index (χ2v) is 6.86. The molecule has 31 heavy (non-hydrogen) atoms. The van der Waals surface area contributed by atoms with Crippen LogP contribution >= 0.6 is 0 Å². The predicted octanol–water partition coefficient (Wildman–Crippen LogP) is 4.79. The number of hydrogen-bond acceptors (Lipinski definition) is 6. The lowest BCUT2D eigenvalue weighted by molar-refractivity contribution is 0.0713. The molecule has 0 aliphatic carbocycles. The Kier molecular flexibility index (Phi) is 6.03. The zero-order valence-corrected chi connectivity index (χ0v) is 17.3. The molecule has 0 atom stereocenters. The number of benzene rings is 2. The van der Waals surface area contributed by atoms with Crippen molar-refractivity contribution in [3.05, 3.63) is 90.0 Å². The first-order valence-electron chi connectivity index (χ1n) is 9.72. The van der Waals surface area contributed by atoms with Crippen molar-refractivity contribution in [1.29, 1.82) is 0 Å². The quantitative estimate of drug-likeness (QED) is 0.409. The summed E-state index contributed by atoms with van der Waals surface area (Å²) in [5.41, 5.74) is 1.91. The Bertz CT molecular complexity index is 1140. The van der Waals surface area contributed by atoms with Crippen LogP contribution in [0, 0.1) is 0 Å². The molecule has 0 radical (unpaired) electrons. The van der Waals surface area contributed by atoms with E-state index >= 15 is 0 Å². The van der Waals surface area contributed by atoms with Crippen molar-refractivity contribution in [2.75, 3.05) is 14.2 Å². The van der Waals surface area contributed by atoms with Crippen molar-refractivity contribution in [2.45, 2.75) is 13.1 Å². The highest BCUT2D eigenvalue weighted by Crippen LogP contribution is 2.34. The van der Waals surface area contributed by atoms with E-state index in [0.29, 0.717) is 46.4 Å². The van der Waals surface area contributed by atoms with Crippen molar-refractivity contribution >= 4 is 5.91 Å². The van der Waals surface area contributed by atoms with Crippen molar-refractivity contribution < 1.29 is 23.2 Å². The number of aromatic nitrogens is 1. The SMILES string of the molecule is COc1ccc(OC)c(-c2cc(CN(Cc3ccco3)C(=O)c3ccccc3)no2)c1. The highest BCUT2D eigenvalue weighted by molar-refractivity contribution is 5.94. The van der Waals surface area contributed by atoms with Crippen LogP contribution in [0.3, 0.4) is 0 Å². The monoisotopic (exact) mass is 418 g/mol. The lowest BCUT2D eigenvalue weighted by atomic mass is 10.1. The Hall–Kier alpha value is -4.00. The van der Waals surface area contributed by atoms with E-state index in [1.165, 1.54) is 0 Å². The van der Waals surface area contributed by atoms with E-state index in [-0.39, 0.29) is 12.5 Å². The van der Waals surface area contributed by atoms with E-state index in [0.717, 1.165) is 0 Å². The summed E-state index contributed by atoms with van der Waals surface area (Å²) in [6.45, 7) is 0.565. The van der Waals surface area contributed by atoms with Gasteiger partial charge < -0.3 is 23.3 Å². The number of ether oxygens (including phenoxy) is 2. The maximum Gasteiger partial charge on any atom is 0.254 e. The number of carbonyl (C=O) groups excluding carboxylic acids is 1. The second-order valence-electron chi connectivity index (χ2n) is 6.86. The fraction of sp³-hybridized carbons (Fsp3) is 0.167. The highest BCUT2D eigenvalue weighted by atomic mass is 16.5. The Morgan fingerprint density at radius 3 is 2.52 bits per heavy atom. The summed E-state index contributed by atoms with van der Waals surface area (Å²) >= 11 is 0. The maximum absolute atomic E-state index is 13.1. The third-order valence-electron chi connectivity index (χ3n) is 4.82. The topological polar surface area (TPSA) is 77.9 Å². The number of hydrogen-bond donors (Lipinski definition) is 0. The average Bonchev–Trinajstić information content (AvgIpc) is 3.50. The van der Waals surface area contributed by atoms with Gasteiger partial charge in [-0.25, -0.2) is 0 Å². The van der Waals surface area contributed by atoms with Crippen LogP contribution in [-0.4, -0.2) is 30.2 Å². The number of nitrogens with zero attached hydrogens (tertiary/aromatic N) is 2. The van der Waals surface area contributed by atoms with Crippen LogP contribution in [0.2, 0.25) is 0 Å². The minimum absolute atomic E-state index is 0.125. The third kappa shape index (κ3) is 4.61. The first kappa shape index (κ1) is 20.3. The fourth-order valence-electron chi connectivity index (χ4n) is 3.27. The van der Waals surface area contributed by atoms with E-state index in [1.54, 1.807) is 55.7 Å². The number of methoxy groups -OCH3 is 2. The van der Waals surface area contributed by atoms with Gasteiger partial charge in [0, 0.05) is 11.6 Å². The summed E-state index contributed by atoms with van der Waals surface area (Å²) in [6, 6.07) is 20.0. The van der Waals surface area contributed by atoms with Gasteiger partial charge in [-0.1, -0.05) is 23.4 Å². The standard InChI is InChI=1S/C24H22N2O5/c1-28-19-10-11-22(29-2)21(14-19)23-13-18(25-31-23)15-26(16-20-9-6-12-30-20)24(27)17-7-4-3-5-8-17/h3-14H,15-16H2,1-2H3. The van der Waals surface area contributed by atoms with E-state index < -0.39 is 0 Å². The molecular weight excluding hydrogens is 396 g/mol. The highest BCUT2D eigenvalue weighted by Gasteiger charge is 2.21. The Morgan fingerprint density at radius 2 is 1.81 bits per heavy atom. The van der Waals surface area contributed by atoms with Crippen molar-refractivity contribution in [1.82, 2.24) is 10.1 Å². The van der Waals surface area contributed by atoms with Gasteiger partial charge in [-0.15, -0.1) is 0 Å². The normalized spacial score (nSPS) is 10.6. The van der Waals surface area contributed by atoms with Crippen molar-refractivity contribution in [3.63, 3.8) is 0 Å². The summed E-state index contributed by atoms with van der Waals surface area (Å²) in [4.78, 5) is 14.8. The molecule has 0 N–H and O–H groups in total. The average molecular weight is 418 g/mol. The van der Waals surface area contributed by atoms with E-state index in [1.807, 2.05) is 36.4 Å². The van der Waals surface area contributed by atoms with E-state index in [2.05, 4.69) is 5.16 Å². The van der Waals surface area contributed by atoms with Gasteiger partial charge in [0.1, 0.15) is 23.0 Å². The molecule has 0 aliphatic heterocycles. The van der Waals surface area contributed by atoms with Crippen LogP contribution in [0.1, 0.15) is 21.8 Å². The van der Waals surface area contributed by atoms with Gasteiger partial charge in [-0.05, 0) is 42.5 Å². The fourth-order valence-corrected chi connectivity index (χ4v) is 3.27. The molecule has 7 nitrogen and oxygen atoms in total. The zero-order valence-electron chi connectivity index (χ0n) is 17.3. The molecule has 2 aromatic heterocycles. The lowest BCUT2D eigenvalue weighted by Gasteiger charge is -2.20. The number of carbonyl (C=O) groups is 1. The van der Waals surface area contributed by atoms with Gasteiger partial charge in [0.25, 0.3) is 5.91 Å². The largest absolute Gasteiger partial charge is 0.497 e. The van der Waals surface area contributed by atoms with Crippen LogP contribution in [0.4, 0.5) is 0 Å². The molecule has 0 saturated heterocycles. The molecule has 4 aromatic rings. The van der Waals surface area contributed by atoms with Gasteiger partial charge in [0.05, 0.1) is 39.1 Å². The predicted molar refractivity (Wildman–Crippen MR) is 114 cm³/mol. The van der Waals surface area contributed by atoms with E-state index in [4.69, 9.17) is 18.4 Å². The minimum Gasteiger partial charge on any atom is -0.497 e. The third-order valence-corrected chi connectivity index (χ3v) is 4.82. The number of rotatable bonds is 8. The van der Waals surface area contributed by atoms with Gasteiger partial charge in [-0.2, -0.15) is 0 Å². The van der Waals surface area contributed by atoms with Gasteiger partial charge in [-0.3, -0.25) is 4.79 Å². The molecule has 0 saturated carbocycles. The first-order valence-corrected chi connectivity index (χ1v) is 9.72. The van der Waals surface area contributed by atoms with Crippen LogP contribution < -0.4 is 9.47 Å². The number of furan rings is 1. The Balaban J connectivity index is 1.61. The van der Waals surface area contributed by atoms with Gasteiger partial charge >= 0.3 is 0 Å². The van der Waals surface area contributed by atoms with Crippen molar-refractivity contribution in [3.8, 4) is 22.8 Å².